The van der Waals surface area contributed by atoms with Crippen molar-refractivity contribution in [2.45, 2.75) is 13.5 Å². The summed E-state index contributed by atoms with van der Waals surface area (Å²) in [5.41, 5.74) is 1.87. The Bertz CT molecular complexity index is 600. The number of rotatable bonds is 7. The largest absolute Gasteiger partial charge is 0.379 e. The highest BCUT2D eigenvalue weighted by atomic mass is 35.5. The van der Waals surface area contributed by atoms with E-state index in [4.69, 9.17) is 27.9 Å². The molecular weight excluding hydrogens is 370 g/mol. The SMILES string of the molecule is C/C(Cl)=C(Cl)\C=C/CSNc1cc(F)ccc1CN1CCOCC1. The van der Waals surface area contributed by atoms with Crippen LogP contribution in [-0.4, -0.2) is 37.0 Å². The van der Waals surface area contributed by atoms with Crippen LogP contribution in [0.1, 0.15) is 12.5 Å². The van der Waals surface area contributed by atoms with Crippen LogP contribution in [0, 0.1) is 5.82 Å². The summed E-state index contributed by atoms with van der Waals surface area (Å²) in [5.74, 6) is 0.441. The Morgan fingerprint density at radius 1 is 1.38 bits per heavy atom. The van der Waals surface area contributed by atoms with Crippen LogP contribution in [0.25, 0.3) is 0 Å². The van der Waals surface area contributed by atoms with Crippen LogP contribution in [0.4, 0.5) is 10.1 Å². The van der Waals surface area contributed by atoms with E-state index in [0.29, 0.717) is 15.8 Å². The van der Waals surface area contributed by atoms with Gasteiger partial charge < -0.3 is 9.46 Å². The monoisotopic (exact) mass is 390 g/mol. The number of nitrogens with zero attached hydrogens (tertiary/aromatic N) is 1. The second-order valence-corrected chi connectivity index (χ2v) is 7.19. The molecule has 0 amide bonds. The predicted molar refractivity (Wildman–Crippen MR) is 102 cm³/mol. The molecule has 0 unspecified atom stereocenters. The van der Waals surface area contributed by atoms with Gasteiger partial charge in [0, 0.05) is 30.4 Å². The van der Waals surface area contributed by atoms with Crippen LogP contribution in [0.2, 0.25) is 0 Å². The molecule has 1 aliphatic rings. The number of halogens is 3. The van der Waals surface area contributed by atoms with Gasteiger partial charge in [-0.2, -0.15) is 0 Å². The standard InChI is InChI=1S/C17H21Cl2FN2OS/c1-13(18)16(19)3-2-10-24-21-17-11-15(20)5-4-14(17)12-22-6-8-23-9-7-22/h2-5,11,21H,6-10,12H2,1H3/b3-2-,16-13-. The maximum atomic E-state index is 13.6. The lowest BCUT2D eigenvalue weighted by Gasteiger charge is -2.27. The first kappa shape index (κ1) is 19.6. The summed E-state index contributed by atoms with van der Waals surface area (Å²) in [4.78, 5) is 2.31. The lowest BCUT2D eigenvalue weighted by Crippen LogP contribution is -2.35. The van der Waals surface area contributed by atoms with Gasteiger partial charge in [-0.1, -0.05) is 35.3 Å². The quantitative estimate of drug-likeness (QED) is 0.402. The van der Waals surface area contributed by atoms with Crippen molar-refractivity contribution in [2.75, 3.05) is 36.8 Å². The van der Waals surface area contributed by atoms with Gasteiger partial charge in [-0.25, -0.2) is 4.39 Å². The van der Waals surface area contributed by atoms with Crippen molar-refractivity contribution in [3.05, 3.63) is 51.8 Å². The van der Waals surface area contributed by atoms with Crippen molar-refractivity contribution >= 4 is 40.8 Å². The smallest absolute Gasteiger partial charge is 0.125 e. The van der Waals surface area contributed by atoms with Crippen LogP contribution >= 0.6 is 35.1 Å². The lowest BCUT2D eigenvalue weighted by atomic mass is 10.1. The molecule has 0 aromatic heterocycles. The highest BCUT2D eigenvalue weighted by Gasteiger charge is 2.13. The van der Waals surface area contributed by atoms with Crippen LogP contribution in [0.5, 0.6) is 0 Å². The number of nitrogens with one attached hydrogen (secondary N) is 1. The zero-order chi connectivity index (χ0) is 17.4. The second-order valence-electron chi connectivity index (χ2n) is 5.39. The number of morpholine rings is 1. The Morgan fingerprint density at radius 2 is 2.12 bits per heavy atom. The molecule has 0 bridgehead atoms. The molecular formula is C17H21Cl2FN2OS. The first-order valence-corrected chi connectivity index (χ1v) is 9.45. The average Bonchev–Trinajstić information content (AvgIpc) is 2.57. The molecule has 1 heterocycles. The van der Waals surface area contributed by atoms with Gasteiger partial charge >= 0.3 is 0 Å². The van der Waals surface area contributed by atoms with E-state index in [-0.39, 0.29) is 5.82 Å². The fourth-order valence-electron chi connectivity index (χ4n) is 2.22. The maximum Gasteiger partial charge on any atom is 0.125 e. The Hall–Kier alpha value is -0.720. The summed E-state index contributed by atoms with van der Waals surface area (Å²) in [7, 11) is 0. The van der Waals surface area contributed by atoms with Crippen LogP contribution < -0.4 is 4.72 Å². The van der Waals surface area contributed by atoms with E-state index in [1.807, 2.05) is 12.1 Å². The minimum absolute atomic E-state index is 0.247. The van der Waals surface area contributed by atoms with Crippen molar-refractivity contribution < 1.29 is 9.13 Å². The van der Waals surface area contributed by atoms with E-state index in [9.17, 15) is 4.39 Å². The third-order valence-electron chi connectivity index (χ3n) is 3.52. The third kappa shape index (κ3) is 6.65. The molecule has 0 saturated carbocycles. The topological polar surface area (TPSA) is 24.5 Å². The van der Waals surface area contributed by atoms with E-state index in [2.05, 4.69) is 9.62 Å². The van der Waals surface area contributed by atoms with Crippen molar-refractivity contribution in [3.8, 4) is 0 Å². The van der Waals surface area contributed by atoms with Gasteiger partial charge in [0.1, 0.15) is 5.82 Å². The number of hydrogen-bond acceptors (Lipinski definition) is 4. The molecule has 1 aromatic rings. The Labute approximate surface area is 157 Å². The molecule has 1 N–H and O–H groups in total. The predicted octanol–water partition coefficient (Wildman–Crippen LogP) is 4.98. The van der Waals surface area contributed by atoms with Gasteiger partial charge in [0.2, 0.25) is 0 Å². The fourth-order valence-corrected chi connectivity index (χ4v) is 2.99. The maximum absolute atomic E-state index is 13.6. The normalized spacial score (nSPS) is 17.2. The van der Waals surface area contributed by atoms with Gasteiger partial charge in [-0.05, 0) is 42.6 Å². The summed E-state index contributed by atoms with van der Waals surface area (Å²) >= 11 is 13.2. The zero-order valence-electron chi connectivity index (χ0n) is 13.5. The number of anilines is 1. The summed E-state index contributed by atoms with van der Waals surface area (Å²) in [5, 5.41) is 1.08. The molecule has 3 nitrogen and oxygen atoms in total. The molecule has 1 fully saturated rings. The molecule has 0 atom stereocenters. The molecule has 0 aliphatic carbocycles. The molecule has 0 spiro atoms. The first-order chi connectivity index (χ1) is 11.6. The molecule has 1 aromatic carbocycles. The average molecular weight is 391 g/mol. The van der Waals surface area contributed by atoms with Gasteiger partial charge in [-0.15, -0.1) is 0 Å². The molecule has 1 aliphatic heterocycles. The molecule has 132 valence electrons. The highest BCUT2D eigenvalue weighted by molar-refractivity contribution is 8.00. The van der Waals surface area contributed by atoms with E-state index >= 15 is 0 Å². The van der Waals surface area contributed by atoms with Crippen molar-refractivity contribution in [1.82, 2.24) is 4.90 Å². The van der Waals surface area contributed by atoms with Crippen molar-refractivity contribution in [2.24, 2.45) is 0 Å². The summed E-state index contributed by atoms with van der Waals surface area (Å²) < 4.78 is 22.1. The highest BCUT2D eigenvalue weighted by Crippen LogP contribution is 2.23. The van der Waals surface area contributed by atoms with E-state index < -0.39 is 0 Å². The third-order valence-corrected chi connectivity index (χ3v) is 4.96. The van der Waals surface area contributed by atoms with Crippen LogP contribution in [0.3, 0.4) is 0 Å². The number of benzene rings is 1. The molecule has 1 saturated heterocycles. The van der Waals surface area contributed by atoms with Crippen LogP contribution in [0.15, 0.2) is 40.4 Å². The Morgan fingerprint density at radius 3 is 2.83 bits per heavy atom. The number of ether oxygens (including phenoxy) is 1. The van der Waals surface area contributed by atoms with Crippen molar-refractivity contribution in [3.63, 3.8) is 0 Å². The lowest BCUT2D eigenvalue weighted by molar-refractivity contribution is 0.0343. The number of hydrogen-bond donors (Lipinski definition) is 1. The summed E-state index contributed by atoms with van der Waals surface area (Å²) in [6.07, 6.45) is 3.67. The Balaban J connectivity index is 1.91. The zero-order valence-corrected chi connectivity index (χ0v) is 15.9. The summed E-state index contributed by atoms with van der Waals surface area (Å²) in [6, 6.07) is 4.86. The Kier molecular flexibility index (Phi) is 8.42. The van der Waals surface area contributed by atoms with E-state index in [1.54, 1.807) is 13.0 Å². The van der Waals surface area contributed by atoms with E-state index in [1.165, 1.54) is 24.1 Å². The molecule has 2 rings (SSSR count). The van der Waals surface area contributed by atoms with Gasteiger partial charge in [0.25, 0.3) is 0 Å². The van der Waals surface area contributed by atoms with Gasteiger partial charge in [0.15, 0.2) is 0 Å². The van der Waals surface area contributed by atoms with Crippen molar-refractivity contribution in [1.29, 1.82) is 0 Å². The molecule has 24 heavy (non-hydrogen) atoms. The van der Waals surface area contributed by atoms with Gasteiger partial charge in [0.05, 0.1) is 23.9 Å². The minimum Gasteiger partial charge on any atom is -0.379 e. The summed E-state index contributed by atoms with van der Waals surface area (Å²) in [6.45, 7) is 5.81. The first-order valence-electron chi connectivity index (χ1n) is 7.71. The molecule has 0 radical (unpaired) electrons. The number of allylic oxidation sites excluding steroid dienone is 3. The van der Waals surface area contributed by atoms with Crippen LogP contribution in [-0.2, 0) is 11.3 Å². The van der Waals surface area contributed by atoms with Gasteiger partial charge in [-0.3, -0.25) is 4.90 Å². The second kappa shape index (κ2) is 10.3. The minimum atomic E-state index is -0.247. The molecule has 7 heteroatoms. The fraction of sp³-hybridized carbons (Fsp3) is 0.412. The van der Waals surface area contributed by atoms with E-state index in [0.717, 1.165) is 44.1 Å².